The molecule has 0 fully saturated rings. The number of anilines is 3. The number of hydrogen-bond donors (Lipinski definition) is 0. The fraction of sp³-hybridized carbons (Fsp3) is 0. The summed E-state index contributed by atoms with van der Waals surface area (Å²) in [6.45, 7) is 0. The molecule has 0 bridgehead atoms. The number of aromatic nitrogens is 1. The number of fused-ring (bicyclic) bond motifs is 5. The van der Waals surface area contributed by atoms with E-state index in [4.69, 9.17) is 13.8 Å². The summed E-state index contributed by atoms with van der Waals surface area (Å²) in [6.07, 6.45) is 0. The Bertz CT molecular complexity index is 2860. The second kappa shape index (κ2) is 12.9. The summed E-state index contributed by atoms with van der Waals surface area (Å²) in [7, 11) is 0. The maximum atomic E-state index is 6.29. The van der Waals surface area contributed by atoms with Gasteiger partial charge in [0.25, 0.3) is 0 Å². The molecular formula is C49H32N2O2. The van der Waals surface area contributed by atoms with Crippen molar-refractivity contribution < 1.29 is 8.83 Å². The number of oxazole rings is 1. The van der Waals surface area contributed by atoms with E-state index in [9.17, 15) is 0 Å². The van der Waals surface area contributed by atoms with Gasteiger partial charge in [-0.2, -0.15) is 0 Å². The van der Waals surface area contributed by atoms with Crippen molar-refractivity contribution in [3.63, 3.8) is 0 Å². The zero-order chi connectivity index (χ0) is 35.1. The van der Waals surface area contributed by atoms with Crippen LogP contribution in [0.1, 0.15) is 0 Å². The Labute approximate surface area is 306 Å². The van der Waals surface area contributed by atoms with Crippen LogP contribution in [0.5, 0.6) is 0 Å². The average molecular weight is 681 g/mol. The van der Waals surface area contributed by atoms with Crippen LogP contribution in [0.2, 0.25) is 0 Å². The Hall–Kier alpha value is -7.17. The number of furan rings is 1. The van der Waals surface area contributed by atoms with E-state index in [1.54, 1.807) is 0 Å². The molecule has 8 aromatic carbocycles. The van der Waals surface area contributed by atoms with Crippen molar-refractivity contribution in [3.05, 3.63) is 194 Å². The monoisotopic (exact) mass is 680 g/mol. The van der Waals surface area contributed by atoms with Crippen molar-refractivity contribution in [2.45, 2.75) is 0 Å². The Morgan fingerprint density at radius 2 is 0.849 bits per heavy atom. The van der Waals surface area contributed by atoms with Crippen LogP contribution in [0, 0.1) is 0 Å². The highest BCUT2D eigenvalue weighted by Crippen LogP contribution is 2.40. The van der Waals surface area contributed by atoms with E-state index in [2.05, 4.69) is 157 Å². The van der Waals surface area contributed by atoms with E-state index in [0.717, 1.165) is 66.8 Å². The van der Waals surface area contributed by atoms with Gasteiger partial charge in [-0.25, -0.2) is 4.98 Å². The molecule has 4 heteroatoms. The van der Waals surface area contributed by atoms with Crippen LogP contribution in [0.15, 0.2) is 203 Å². The molecule has 0 aliphatic heterocycles. The molecule has 0 N–H and O–H groups in total. The molecule has 0 saturated heterocycles. The quantitative estimate of drug-likeness (QED) is 0.168. The maximum Gasteiger partial charge on any atom is 0.227 e. The third-order valence-electron chi connectivity index (χ3n) is 9.93. The topological polar surface area (TPSA) is 42.4 Å². The van der Waals surface area contributed by atoms with Gasteiger partial charge in [-0.05, 0) is 106 Å². The second-order valence-electron chi connectivity index (χ2n) is 13.2. The van der Waals surface area contributed by atoms with E-state index < -0.39 is 0 Å². The van der Waals surface area contributed by atoms with Gasteiger partial charge in [0.2, 0.25) is 5.89 Å². The number of nitrogens with zero attached hydrogens (tertiary/aromatic N) is 2. The van der Waals surface area contributed by atoms with Crippen LogP contribution in [0.3, 0.4) is 0 Å². The lowest BCUT2D eigenvalue weighted by Crippen LogP contribution is -2.09. The van der Waals surface area contributed by atoms with Gasteiger partial charge < -0.3 is 13.7 Å². The Morgan fingerprint density at radius 1 is 0.358 bits per heavy atom. The lowest BCUT2D eigenvalue weighted by atomic mass is 9.94. The van der Waals surface area contributed by atoms with Crippen LogP contribution < -0.4 is 4.90 Å². The van der Waals surface area contributed by atoms with Gasteiger partial charge in [0.15, 0.2) is 5.58 Å². The Balaban J connectivity index is 1.01. The zero-order valence-electron chi connectivity index (χ0n) is 28.7. The summed E-state index contributed by atoms with van der Waals surface area (Å²) in [6, 6.07) is 67.6. The van der Waals surface area contributed by atoms with Crippen molar-refractivity contribution in [2.75, 3.05) is 4.90 Å². The first-order valence-electron chi connectivity index (χ1n) is 17.8. The first-order valence-corrected chi connectivity index (χ1v) is 17.8. The summed E-state index contributed by atoms with van der Waals surface area (Å²) in [5.41, 5.74) is 14.4. The van der Waals surface area contributed by atoms with Crippen LogP contribution in [-0.2, 0) is 0 Å². The fourth-order valence-electron chi connectivity index (χ4n) is 7.36. The molecule has 250 valence electrons. The van der Waals surface area contributed by atoms with Gasteiger partial charge >= 0.3 is 0 Å². The zero-order valence-corrected chi connectivity index (χ0v) is 28.7. The molecule has 0 amide bonds. The third kappa shape index (κ3) is 5.54. The normalized spacial score (nSPS) is 11.4. The highest BCUT2D eigenvalue weighted by molar-refractivity contribution is 6.17. The third-order valence-corrected chi connectivity index (χ3v) is 9.93. The molecule has 0 saturated carbocycles. The maximum absolute atomic E-state index is 6.29. The second-order valence-corrected chi connectivity index (χ2v) is 13.2. The number of rotatable bonds is 7. The summed E-state index contributed by atoms with van der Waals surface area (Å²) in [4.78, 5) is 7.23. The number of benzene rings is 8. The molecule has 0 unspecified atom stereocenters. The van der Waals surface area contributed by atoms with Crippen LogP contribution in [-0.4, -0.2) is 4.98 Å². The highest BCUT2D eigenvalue weighted by Gasteiger charge is 2.18. The summed E-state index contributed by atoms with van der Waals surface area (Å²) in [5, 5.41) is 1.98. The number of para-hydroxylation sites is 1. The molecule has 0 aliphatic rings. The summed E-state index contributed by atoms with van der Waals surface area (Å²) >= 11 is 0. The summed E-state index contributed by atoms with van der Waals surface area (Å²) < 4.78 is 12.5. The van der Waals surface area contributed by atoms with E-state index in [1.807, 2.05) is 42.5 Å². The first kappa shape index (κ1) is 30.6. The van der Waals surface area contributed by atoms with Crippen LogP contribution >= 0.6 is 0 Å². The molecule has 53 heavy (non-hydrogen) atoms. The van der Waals surface area contributed by atoms with Gasteiger partial charge in [0, 0.05) is 28.0 Å². The minimum absolute atomic E-state index is 0.601. The van der Waals surface area contributed by atoms with E-state index >= 15 is 0 Å². The predicted octanol–water partition coefficient (Wildman–Crippen LogP) is 13.9. The molecule has 10 aromatic rings. The van der Waals surface area contributed by atoms with Gasteiger partial charge in [0.05, 0.1) is 5.39 Å². The molecule has 10 rings (SSSR count). The fourth-order valence-corrected chi connectivity index (χ4v) is 7.36. The molecule has 0 radical (unpaired) electrons. The molecular weight excluding hydrogens is 649 g/mol. The van der Waals surface area contributed by atoms with E-state index in [0.29, 0.717) is 5.89 Å². The Kier molecular flexibility index (Phi) is 7.43. The lowest BCUT2D eigenvalue weighted by Gasteiger charge is -2.26. The molecule has 0 aliphatic carbocycles. The standard InChI is InChI=1S/C49H32N2O2/c1-4-12-34(13-5-1)41-18-10-11-19-42(41)35-22-27-40(28-23-35)51(38-16-8-3-9-17-38)39-25-20-33(21-26-39)37-24-29-44-43(32-37)47-45(52-44)30-31-46-48(47)50-49(53-46)36-14-6-2-7-15-36/h1-32H. The molecule has 4 nitrogen and oxygen atoms in total. The number of hydrogen-bond acceptors (Lipinski definition) is 4. The van der Waals surface area contributed by atoms with Crippen molar-refractivity contribution in [3.8, 4) is 44.8 Å². The van der Waals surface area contributed by atoms with Crippen LogP contribution in [0.25, 0.3) is 77.9 Å². The smallest absolute Gasteiger partial charge is 0.227 e. The van der Waals surface area contributed by atoms with E-state index in [-0.39, 0.29) is 0 Å². The largest absolute Gasteiger partial charge is 0.456 e. The summed E-state index contributed by atoms with van der Waals surface area (Å²) in [5.74, 6) is 0.601. The van der Waals surface area contributed by atoms with Crippen molar-refractivity contribution in [1.29, 1.82) is 0 Å². The van der Waals surface area contributed by atoms with Gasteiger partial charge in [0.1, 0.15) is 16.7 Å². The first-order chi connectivity index (χ1) is 26.3. The minimum atomic E-state index is 0.601. The molecule has 0 spiro atoms. The minimum Gasteiger partial charge on any atom is -0.456 e. The van der Waals surface area contributed by atoms with Crippen molar-refractivity contribution in [1.82, 2.24) is 4.98 Å². The van der Waals surface area contributed by atoms with Crippen molar-refractivity contribution >= 4 is 50.1 Å². The predicted molar refractivity (Wildman–Crippen MR) is 218 cm³/mol. The van der Waals surface area contributed by atoms with Gasteiger partial charge in [-0.15, -0.1) is 0 Å². The van der Waals surface area contributed by atoms with E-state index in [1.165, 1.54) is 22.3 Å². The highest BCUT2D eigenvalue weighted by atomic mass is 16.4. The van der Waals surface area contributed by atoms with Gasteiger partial charge in [-0.1, -0.05) is 121 Å². The molecule has 2 aromatic heterocycles. The molecule has 2 heterocycles. The van der Waals surface area contributed by atoms with Crippen LogP contribution in [0.4, 0.5) is 17.1 Å². The molecule has 0 atom stereocenters. The van der Waals surface area contributed by atoms with Crippen molar-refractivity contribution in [2.24, 2.45) is 0 Å². The SMILES string of the molecule is c1ccc(-c2nc3c(ccc4oc5ccc(-c6ccc(N(c7ccccc7)c7ccc(-c8ccccc8-c8ccccc8)cc7)cc6)cc5c43)o2)cc1. The van der Waals surface area contributed by atoms with Gasteiger partial charge in [-0.3, -0.25) is 0 Å². The Morgan fingerprint density at radius 3 is 1.51 bits per heavy atom. The lowest BCUT2D eigenvalue weighted by molar-refractivity contribution is 0.619. The average Bonchev–Trinajstić information content (AvgIpc) is 3.84.